The maximum Gasteiger partial charge on any atom is 0.250 e. The van der Waals surface area contributed by atoms with Crippen LogP contribution in [0.4, 0.5) is 0 Å². The van der Waals surface area contributed by atoms with Gasteiger partial charge in [-0.25, -0.2) is 23.1 Å². The van der Waals surface area contributed by atoms with Gasteiger partial charge in [0.1, 0.15) is 10.5 Å². The normalized spacial score (nSPS) is 11.6. The third-order valence-corrected chi connectivity index (χ3v) is 5.71. The van der Waals surface area contributed by atoms with Gasteiger partial charge in [0.25, 0.3) is 0 Å². The Balaban J connectivity index is 1.94. The predicted molar refractivity (Wildman–Crippen MR) is 72.9 cm³/mol. The summed E-state index contributed by atoms with van der Waals surface area (Å²) in [6.07, 6.45) is 5.34. The van der Waals surface area contributed by atoms with Gasteiger partial charge in [0.2, 0.25) is 10.0 Å². The average molecular weight is 348 g/mol. The predicted octanol–water partition coefficient (Wildman–Crippen LogP) is 1.82. The molecule has 0 fully saturated rings. The highest BCUT2D eigenvalue weighted by Crippen LogP contribution is 2.25. The van der Waals surface area contributed by atoms with Crippen LogP contribution in [0.2, 0.25) is 0 Å². The van der Waals surface area contributed by atoms with Gasteiger partial charge in [-0.2, -0.15) is 0 Å². The molecule has 1 N–H and O–H groups in total. The number of halogens is 1. The molecule has 96 valence electrons. The lowest BCUT2D eigenvalue weighted by molar-refractivity contribution is 0.583. The van der Waals surface area contributed by atoms with Gasteiger partial charge in [-0.1, -0.05) is 0 Å². The zero-order valence-electron chi connectivity index (χ0n) is 9.21. The Morgan fingerprint density at radius 3 is 2.61 bits per heavy atom. The molecule has 0 amide bonds. The van der Waals surface area contributed by atoms with Crippen LogP contribution in [0.15, 0.2) is 38.8 Å². The van der Waals surface area contributed by atoms with Crippen LogP contribution in [0.1, 0.15) is 5.56 Å². The van der Waals surface area contributed by atoms with E-state index in [9.17, 15) is 8.42 Å². The number of nitrogens with zero attached hydrogens (tertiary/aromatic N) is 2. The van der Waals surface area contributed by atoms with Crippen molar-refractivity contribution in [2.75, 3.05) is 6.54 Å². The Kier molecular flexibility index (Phi) is 4.44. The van der Waals surface area contributed by atoms with Crippen LogP contribution in [-0.2, 0) is 16.4 Å². The monoisotopic (exact) mass is 347 g/mol. The van der Waals surface area contributed by atoms with E-state index in [-0.39, 0.29) is 0 Å². The smallest absolute Gasteiger partial charge is 0.245 e. The molecule has 0 aliphatic rings. The molecule has 0 spiro atoms. The maximum absolute atomic E-state index is 11.9. The van der Waals surface area contributed by atoms with Crippen LogP contribution < -0.4 is 4.72 Å². The highest BCUT2D eigenvalue weighted by atomic mass is 79.9. The van der Waals surface area contributed by atoms with E-state index in [1.807, 2.05) is 0 Å². The molecule has 0 aromatic carbocycles. The van der Waals surface area contributed by atoms with E-state index in [2.05, 4.69) is 30.6 Å². The summed E-state index contributed by atoms with van der Waals surface area (Å²) in [6, 6.07) is 3.28. The van der Waals surface area contributed by atoms with Gasteiger partial charge in [-0.05, 0) is 40.0 Å². The van der Waals surface area contributed by atoms with Crippen LogP contribution in [0, 0.1) is 0 Å². The first-order valence-electron chi connectivity index (χ1n) is 5.07. The molecule has 2 aromatic heterocycles. The van der Waals surface area contributed by atoms with Gasteiger partial charge in [0.15, 0.2) is 0 Å². The minimum absolute atomic E-state index is 0.304. The lowest BCUT2D eigenvalue weighted by atomic mass is 10.2. The van der Waals surface area contributed by atoms with Gasteiger partial charge in [-0.15, -0.1) is 11.3 Å². The Morgan fingerprint density at radius 2 is 2.00 bits per heavy atom. The Morgan fingerprint density at radius 1 is 1.28 bits per heavy atom. The molecule has 0 aliphatic heterocycles. The molecule has 2 aromatic rings. The average Bonchev–Trinajstić information content (AvgIpc) is 2.78. The van der Waals surface area contributed by atoms with Crippen LogP contribution in [-0.4, -0.2) is 24.9 Å². The zero-order valence-corrected chi connectivity index (χ0v) is 12.4. The molecule has 2 heterocycles. The fourth-order valence-corrected chi connectivity index (χ4v) is 4.39. The Bertz CT molecular complexity index is 613. The lowest BCUT2D eigenvalue weighted by Crippen LogP contribution is -2.25. The molecule has 18 heavy (non-hydrogen) atoms. The lowest BCUT2D eigenvalue weighted by Gasteiger charge is -2.04. The summed E-state index contributed by atoms with van der Waals surface area (Å²) in [5.41, 5.74) is 0.896. The minimum Gasteiger partial charge on any atom is -0.245 e. The topological polar surface area (TPSA) is 72.0 Å². The summed E-state index contributed by atoms with van der Waals surface area (Å²) in [5.74, 6) is 0. The van der Waals surface area contributed by atoms with Crippen molar-refractivity contribution in [3.05, 3.63) is 40.2 Å². The summed E-state index contributed by atoms with van der Waals surface area (Å²) in [6.45, 7) is 0.325. The second-order valence-corrected chi connectivity index (χ2v) is 7.91. The first-order chi connectivity index (χ1) is 8.58. The van der Waals surface area contributed by atoms with E-state index >= 15 is 0 Å². The van der Waals surface area contributed by atoms with E-state index in [0.717, 1.165) is 9.35 Å². The molecule has 0 saturated carbocycles. The third kappa shape index (κ3) is 3.58. The van der Waals surface area contributed by atoms with Gasteiger partial charge in [0, 0.05) is 18.9 Å². The van der Waals surface area contributed by atoms with Crippen molar-refractivity contribution in [1.29, 1.82) is 0 Å². The van der Waals surface area contributed by atoms with E-state index in [0.29, 0.717) is 17.2 Å². The largest absolute Gasteiger partial charge is 0.250 e. The van der Waals surface area contributed by atoms with Gasteiger partial charge in [0.05, 0.1) is 3.79 Å². The fraction of sp³-hybridized carbons (Fsp3) is 0.200. The highest BCUT2D eigenvalue weighted by molar-refractivity contribution is 9.11. The summed E-state index contributed by atoms with van der Waals surface area (Å²) in [5, 5.41) is 0. The van der Waals surface area contributed by atoms with Gasteiger partial charge >= 0.3 is 0 Å². The number of rotatable bonds is 5. The number of hydrogen-bond acceptors (Lipinski definition) is 5. The second-order valence-electron chi connectivity index (χ2n) is 3.45. The molecule has 0 saturated heterocycles. The van der Waals surface area contributed by atoms with Crippen LogP contribution in [0.5, 0.6) is 0 Å². The Hall–Kier alpha value is -0.830. The molecule has 2 rings (SSSR count). The van der Waals surface area contributed by atoms with Crippen LogP contribution in [0.3, 0.4) is 0 Å². The zero-order chi connectivity index (χ0) is 13.0. The first kappa shape index (κ1) is 13.6. The molecule has 0 unspecified atom stereocenters. The van der Waals surface area contributed by atoms with E-state index < -0.39 is 10.0 Å². The molecule has 0 bridgehead atoms. The van der Waals surface area contributed by atoms with Crippen LogP contribution >= 0.6 is 27.3 Å². The quantitative estimate of drug-likeness (QED) is 0.895. The second kappa shape index (κ2) is 5.87. The first-order valence-corrected chi connectivity index (χ1v) is 8.16. The van der Waals surface area contributed by atoms with Gasteiger partial charge < -0.3 is 0 Å². The van der Waals surface area contributed by atoms with Crippen molar-refractivity contribution < 1.29 is 8.42 Å². The summed E-state index contributed by atoms with van der Waals surface area (Å²) in [4.78, 5) is 7.74. The Labute approximate surface area is 117 Å². The van der Waals surface area contributed by atoms with Crippen molar-refractivity contribution in [1.82, 2.24) is 14.7 Å². The van der Waals surface area contributed by atoms with Crippen molar-refractivity contribution in [3.8, 4) is 0 Å². The van der Waals surface area contributed by atoms with Crippen molar-refractivity contribution in [2.45, 2.75) is 10.6 Å². The number of thiophene rings is 1. The molecule has 0 aliphatic carbocycles. The van der Waals surface area contributed by atoms with Crippen molar-refractivity contribution in [2.24, 2.45) is 0 Å². The standard InChI is InChI=1S/C10H10BrN3O2S2/c11-9-1-2-10(17-9)18(15,16)14-4-3-8-5-12-7-13-6-8/h1-2,5-7,14H,3-4H2. The fourth-order valence-electron chi connectivity index (χ4n) is 1.30. The number of nitrogens with one attached hydrogen (secondary N) is 1. The van der Waals surface area contributed by atoms with Crippen molar-refractivity contribution >= 4 is 37.3 Å². The molecule has 5 nitrogen and oxygen atoms in total. The van der Waals surface area contributed by atoms with E-state index in [1.54, 1.807) is 24.5 Å². The number of sulfonamides is 1. The molecule has 0 radical (unpaired) electrons. The number of hydrogen-bond donors (Lipinski definition) is 1. The summed E-state index contributed by atoms with van der Waals surface area (Å²) in [7, 11) is -3.41. The highest BCUT2D eigenvalue weighted by Gasteiger charge is 2.15. The summed E-state index contributed by atoms with van der Waals surface area (Å²) < 4.78 is 27.4. The van der Waals surface area contributed by atoms with E-state index in [1.165, 1.54) is 17.7 Å². The van der Waals surface area contributed by atoms with Gasteiger partial charge in [-0.3, -0.25) is 0 Å². The molecule has 0 atom stereocenters. The SMILES string of the molecule is O=S(=O)(NCCc1cncnc1)c1ccc(Br)s1. The number of aromatic nitrogens is 2. The molecular weight excluding hydrogens is 338 g/mol. The van der Waals surface area contributed by atoms with E-state index in [4.69, 9.17) is 0 Å². The van der Waals surface area contributed by atoms with Crippen molar-refractivity contribution in [3.63, 3.8) is 0 Å². The molecule has 8 heteroatoms. The third-order valence-electron chi connectivity index (χ3n) is 2.13. The molecular formula is C10H10BrN3O2S2. The van der Waals surface area contributed by atoms with Crippen LogP contribution in [0.25, 0.3) is 0 Å². The maximum atomic E-state index is 11.9. The minimum atomic E-state index is -3.41. The summed E-state index contributed by atoms with van der Waals surface area (Å²) >= 11 is 4.42.